The van der Waals surface area contributed by atoms with E-state index in [0.29, 0.717) is 11.5 Å². The van der Waals surface area contributed by atoms with Crippen LogP contribution in [0.3, 0.4) is 0 Å². The van der Waals surface area contributed by atoms with E-state index in [4.69, 9.17) is 0 Å². The van der Waals surface area contributed by atoms with E-state index in [1.807, 2.05) is 11.3 Å². The standard InChI is InChI=1S/C18H31NS/c1-4-19-17(10-9-16-8-7-13-20-16)18(14-15(2)3)11-5-6-12-18/h7-8,13,15,17,19H,4-6,9-12,14H2,1-3H3. The number of thiophene rings is 1. The van der Waals surface area contributed by atoms with Crippen molar-refractivity contribution >= 4 is 11.3 Å². The maximum absolute atomic E-state index is 3.84. The van der Waals surface area contributed by atoms with Gasteiger partial charge in [0, 0.05) is 10.9 Å². The van der Waals surface area contributed by atoms with Crippen molar-refractivity contribution in [1.82, 2.24) is 5.32 Å². The number of rotatable bonds is 8. The van der Waals surface area contributed by atoms with Crippen LogP contribution in [0.4, 0.5) is 0 Å². The first-order valence-electron chi connectivity index (χ1n) is 8.42. The summed E-state index contributed by atoms with van der Waals surface area (Å²) in [6.45, 7) is 8.15. The normalized spacial score (nSPS) is 19.6. The van der Waals surface area contributed by atoms with Crippen molar-refractivity contribution in [2.75, 3.05) is 6.54 Å². The Morgan fingerprint density at radius 3 is 2.60 bits per heavy atom. The molecule has 1 saturated carbocycles. The summed E-state index contributed by atoms with van der Waals surface area (Å²) in [5.41, 5.74) is 0.571. The molecule has 1 aromatic heterocycles. The molecule has 2 rings (SSSR count). The molecule has 0 aromatic carbocycles. The third-order valence-corrected chi connectivity index (χ3v) is 5.80. The van der Waals surface area contributed by atoms with Gasteiger partial charge in [-0.25, -0.2) is 0 Å². The van der Waals surface area contributed by atoms with Gasteiger partial charge >= 0.3 is 0 Å². The van der Waals surface area contributed by atoms with Crippen molar-refractivity contribution in [3.63, 3.8) is 0 Å². The zero-order chi connectivity index (χ0) is 14.4. The van der Waals surface area contributed by atoms with Crippen LogP contribution in [-0.4, -0.2) is 12.6 Å². The van der Waals surface area contributed by atoms with E-state index in [9.17, 15) is 0 Å². The molecular formula is C18H31NS. The lowest BCUT2D eigenvalue weighted by Crippen LogP contribution is -2.45. The summed E-state index contributed by atoms with van der Waals surface area (Å²) in [6, 6.07) is 5.18. The second-order valence-electron chi connectivity index (χ2n) is 6.90. The van der Waals surface area contributed by atoms with Gasteiger partial charge in [-0.2, -0.15) is 0 Å². The SMILES string of the molecule is CCNC(CCc1cccs1)C1(CC(C)C)CCCC1. The molecule has 1 atom stereocenters. The predicted molar refractivity (Wildman–Crippen MR) is 90.5 cm³/mol. The Labute approximate surface area is 129 Å². The zero-order valence-corrected chi connectivity index (χ0v) is 14.3. The monoisotopic (exact) mass is 293 g/mol. The molecule has 1 nitrogen and oxygen atoms in total. The molecule has 0 amide bonds. The number of aryl methyl sites for hydroxylation is 1. The fourth-order valence-electron chi connectivity index (χ4n) is 4.20. The molecule has 1 aliphatic rings. The van der Waals surface area contributed by atoms with Crippen LogP contribution in [0.2, 0.25) is 0 Å². The molecule has 114 valence electrons. The Morgan fingerprint density at radius 2 is 2.05 bits per heavy atom. The van der Waals surface area contributed by atoms with Gasteiger partial charge in [0.1, 0.15) is 0 Å². The lowest BCUT2D eigenvalue weighted by atomic mass is 9.71. The third-order valence-electron chi connectivity index (χ3n) is 4.86. The lowest BCUT2D eigenvalue weighted by molar-refractivity contribution is 0.149. The van der Waals surface area contributed by atoms with Gasteiger partial charge in [0.25, 0.3) is 0 Å². The van der Waals surface area contributed by atoms with Crippen LogP contribution in [0.5, 0.6) is 0 Å². The molecule has 2 heteroatoms. The highest BCUT2D eigenvalue weighted by molar-refractivity contribution is 7.09. The highest BCUT2D eigenvalue weighted by atomic mass is 32.1. The lowest BCUT2D eigenvalue weighted by Gasteiger charge is -2.40. The molecule has 1 unspecified atom stereocenters. The van der Waals surface area contributed by atoms with Crippen LogP contribution in [-0.2, 0) is 6.42 Å². The van der Waals surface area contributed by atoms with Crippen molar-refractivity contribution in [3.05, 3.63) is 22.4 Å². The summed E-state index contributed by atoms with van der Waals surface area (Å²) in [6.07, 6.45) is 9.70. The molecule has 1 fully saturated rings. The maximum atomic E-state index is 3.84. The molecule has 0 radical (unpaired) electrons. The van der Waals surface area contributed by atoms with Gasteiger partial charge in [0.05, 0.1) is 0 Å². The van der Waals surface area contributed by atoms with Crippen LogP contribution in [0.1, 0.15) is 64.2 Å². The molecule has 0 saturated heterocycles. The van der Waals surface area contributed by atoms with Crippen LogP contribution in [0.25, 0.3) is 0 Å². The first-order chi connectivity index (χ1) is 9.66. The van der Waals surface area contributed by atoms with E-state index in [0.717, 1.165) is 12.5 Å². The summed E-state index contributed by atoms with van der Waals surface area (Å²) in [5, 5.41) is 6.04. The Kier molecular flexibility index (Phi) is 6.10. The highest BCUT2D eigenvalue weighted by Gasteiger charge is 2.40. The summed E-state index contributed by atoms with van der Waals surface area (Å²) >= 11 is 1.91. The smallest absolute Gasteiger partial charge is 0.0127 e. The zero-order valence-electron chi connectivity index (χ0n) is 13.5. The van der Waals surface area contributed by atoms with E-state index >= 15 is 0 Å². The fraction of sp³-hybridized carbons (Fsp3) is 0.778. The quantitative estimate of drug-likeness (QED) is 0.689. The largest absolute Gasteiger partial charge is 0.314 e. The topological polar surface area (TPSA) is 12.0 Å². The van der Waals surface area contributed by atoms with Crippen molar-refractivity contribution in [1.29, 1.82) is 0 Å². The Bertz CT molecular complexity index is 363. The van der Waals surface area contributed by atoms with Gasteiger partial charge in [-0.15, -0.1) is 11.3 Å². The molecule has 1 heterocycles. The minimum absolute atomic E-state index is 0.571. The van der Waals surface area contributed by atoms with Crippen LogP contribution >= 0.6 is 11.3 Å². The fourth-order valence-corrected chi connectivity index (χ4v) is 4.92. The van der Waals surface area contributed by atoms with Crippen molar-refractivity contribution in [2.24, 2.45) is 11.3 Å². The number of nitrogens with one attached hydrogen (secondary N) is 1. The first kappa shape index (κ1) is 16.0. The first-order valence-corrected chi connectivity index (χ1v) is 9.30. The minimum atomic E-state index is 0.571. The summed E-state index contributed by atoms with van der Waals surface area (Å²) in [4.78, 5) is 1.55. The molecule has 1 aromatic rings. The summed E-state index contributed by atoms with van der Waals surface area (Å²) in [7, 11) is 0. The molecule has 1 aliphatic carbocycles. The van der Waals surface area contributed by atoms with E-state index in [2.05, 4.69) is 43.6 Å². The minimum Gasteiger partial charge on any atom is -0.314 e. The van der Waals surface area contributed by atoms with Crippen LogP contribution in [0.15, 0.2) is 17.5 Å². The second-order valence-corrected chi connectivity index (χ2v) is 7.93. The molecular weight excluding hydrogens is 262 g/mol. The second kappa shape index (κ2) is 7.61. The molecule has 0 aliphatic heterocycles. The van der Waals surface area contributed by atoms with Gasteiger partial charge < -0.3 is 5.32 Å². The number of hydrogen-bond acceptors (Lipinski definition) is 2. The van der Waals surface area contributed by atoms with Crippen molar-refractivity contribution in [2.45, 2.75) is 71.8 Å². The van der Waals surface area contributed by atoms with Crippen molar-refractivity contribution < 1.29 is 0 Å². The molecule has 0 spiro atoms. The highest BCUT2D eigenvalue weighted by Crippen LogP contribution is 2.47. The van der Waals surface area contributed by atoms with Crippen LogP contribution in [0, 0.1) is 11.3 Å². The van der Waals surface area contributed by atoms with Gasteiger partial charge in [-0.05, 0) is 61.4 Å². The molecule has 20 heavy (non-hydrogen) atoms. The van der Waals surface area contributed by atoms with E-state index in [1.54, 1.807) is 4.88 Å². The molecule has 1 N–H and O–H groups in total. The van der Waals surface area contributed by atoms with Crippen LogP contribution < -0.4 is 5.32 Å². The number of hydrogen-bond donors (Lipinski definition) is 1. The van der Waals surface area contributed by atoms with Gasteiger partial charge in [-0.1, -0.05) is 39.7 Å². The average molecular weight is 294 g/mol. The van der Waals surface area contributed by atoms with Gasteiger partial charge in [0.2, 0.25) is 0 Å². The summed E-state index contributed by atoms with van der Waals surface area (Å²) in [5.74, 6) is 0.816. The predicted octanol–water partition coefficient (Wildman–Crippen LogP) is 5.27. The van der Waals surface area contributed by atoms with Gasteiger partial charge in [-0.3, -0.25) is 0 Å². The van der Waals surface area contributed by atoms with E-state index in [1.165, 1.54) is 44.9 Å². The third kappa shape index (κ3) is 4.08. The van der Waals surface area contributed by atoms with E-state index in [-0.39, 0.29) is 0 Å². The van der Waals surface area contributed by atoms with Gasteiger partial charge in [0.15, 0.2) is 0 Å². The Balaban J connectivity index is 2.03. The maximum Gasteiger partial charge on any atom is 0.0127 e. The van der Waals surface area contributed by atoms with E-state index < -0.39 is 0 Å². The average Bonchev–Trinajstić information content (AvgIpc) is 3.05. The Morgan fingerprint density at radius 1 is 1.30 bits per heavy atom. The Hall–Kier alpha value is -0.340. The van der Waals surface area contributed by atoms with Crippen molar-refractivity contribution in [3.8, 4) is 0 Å². The summed E-state index contributed by atoms with van der Waals surface area (Å²) < 4.78 is 0. The molecule has 0 bridgehead atoms.